The summed E-state index contributed by atoms with van der Waals surface area (Å²) in [6, 6.07) is 18.1. The minimum Gasteiger partial charge on any atom is -0.478 e. The molecular formula is C24H16Cl3N3O3. The molecule has 1 amide bonds. The summed E-state index contributed by atoms with van der Waals surface area (Å²) >= 11 is 18.6. The first kappa shape index (κ1) is 22.9. The van der Waals surface area contributed by atoms with Gasteiger partial charge in [-0.1, -0.05) is 53.0 Å². The summed E-state index contributed by atoms with van der Waals surface area (Å²) in [7, 11) is 0. The number of aromatic nitrogens is 2. The smallest absolute Gasteiger partial charge is 0.335 e. The fourth-order valence-electron chi connectivity index (χ4n) is 3.41. The van der Waals surface area contributed by atoms with Gasteiger partial charge in [-0.05, 0) is 55.5 Å². The second-order valence-corrected chi connectivity index (χ2v) is 8.46. The zero-order valence-corrected chi connectivity index (χ0v) is 19.4. The average Bonchev–Trinajstić information content (AvgIpc) is 3.11. The van der Waals surface area contributed by atoms with Crippen LogP contribution >= 0.6 is 34.8 Å². The van der Waals surface area contributed by atoms with Gasteiger partial charge in [-0.15, -0.1) is 0 Å². The van der Waals surface area contributed by atoms with Crippen LogP contribution in [0.3, 0.4) is 0 Å². The van der Waals surface area contributed by atoms with Crippen molar-refractivity contribution < 1.29 is 14.7 Å². The predicted octanol–water partition coefficient (Wildman–Crippen LogP) is 6.76. The third-order valence-corrected chi connectivity index (χ3v) is 5.75. The van der Waals surface area contributed by atoms with Gasteiger partial charge in [0.1, 0.15) is 0 Å². The number of carboxylic acids is 1. The van der Waals surface area contributed by atoms with Crippen molar-refractivity contribution in [2.45, 2.75) is 6.92 Å². The number of hydrogen-bond acceptors (Lipinski definition) is 3. The van der Waals surface area contributed by atoms with E-state index in [0.717, 1.165) is 5.56 Å². The molecule has 3 aromatic carbocycles. The number of aromatic carboxylic acids is 1. The Morgan fingerprint density at radius 2 is 1.64 bits per heavy atom. The number of carbonyl (C=O) groups is 2. The molecule has 0 bridgehead atoms. The molecule has 4 aromatic rings. The Bertz CT molecular complexity index is 1380. The third-order valence-electron chi connectivity index (χ3n) is 4.96. The summed E-state index contributed by atoms with van der Waals surface area (Å²) in [5.41, 5.74) is 3.14. The van der Waals surface area contributed by atoms with Crippen LogP contribution in [0.1, 0.15) is 26.4 Å². The molecule has 0 saturated heterocycles. The first-order valence-electron chi connectivity index (χ1n) is 9.70. The van der Waals surface area contributed by atoms with E-state index in [-0.39, 0.29) is 11.3 Å². The first-order valence-corrected chi connectivity index (χ1v) is 10.8. The third kappa shape index (κ3) is 4.73. The summed E-state index contributed by atoms with van der Waals surface area (Å²) < 4.78 is 1.58. The highest BCUT2D eigenvalue weighted by atomic mass is 35.5. The fourth-order valence-corrected chi connectivity index (χ4v) is 4.02. The van der Waals surface area contributed by atoms with Crippen LogP contribution in [0.5, 0.6) is 0 Å². The Morgan fingerprint density at radius 3 is 2.30 bits per heavy atom. The largest absolute Gasteiger partial charge is 0.478 e. The molecule has 0 aliphatic rings. The van der Waals surface area contributed by atoms with E-state index < -0.39 is 11.9 Å². The van der Waals surface area contributed by atoms with E-state index in [1.165, 1.54) is 12.1 Å². The van der Waals surface area contributed by atoms with Gasteiger partial charge >= 0.3 is 5.97 Å². The molecule has 2 N–H and O–H groups in total. The molecule has 1 heterocycles. The second-order valence-electron chi connectivity index (χ2n) is 7.18. The zero-order chi connectivity index (χ0) is 23.7. The van der Waals surface area contributed by atoms with Crippen molar-refractivity contribution in [3.05, 3.63) is 98.6 Å². The minimum absolute atomic E-state index is 0.0600. The van der Waals surface area contributed by atoms with Gasteiger partial charge in [0, 0.05) is 26.9 Å². The number of hydrogen-bond donors (Lipinski definition) is 2. The Kier molecular flexibility index (Phi) is 6.42. The molecule has 4 rings (SSSR count). The van der Waals surface area contributed by atoms with Crippen LogP contribution in [0, 0.1) is 6.92 Å². The average molecular weight is 501 g/mol. The van der Waals surface area contributed by atoms with Gasteiger partial charge in [0.05, 0.1) is 22.0 Å². The molecular weight excluding hydrogens is 485 g/mol. The van der Waals surface area contributed by atoms with Gasteiger partial charge in [-0.3, -0.25) is 4.79 Å². The van der Waals surface area contributed by atoms with Gasteiger partial charge in [-0.2, -0.15) is 5.10 Å². The van der Waals surface area contributed by atoms with Crippen molar-refractivity contribution in [3.63, 3.8) is 0 Å². The predicted molar refractivity (Wildman–Crippen MR) is 130 cm³/mol. The van der Waals surface area contributed by atoms with Crippen LogP contribution in [0.25, 0.3) is 16.9 Å². The maximum absolute atomic E-state index is 13.1. The molecule has 0 atom stereocenters. The summed E-state index contributed by atoms with van der Waals surface area (Å²) in [4.78, 5) is 24.4. The number of carbonyl (C=O) groups excluding carboxylic acids is 1. The molecule has 0 radical (unpaired) electrons. The normalized spacial score (nSPS) is 10.8. The lowest BCUT2D eigenvalue weighted by Crippen LogP contribution is -2.14. The molecule has 0 unspecified atom stereocenters. The Morgan fingerprint density at radius 1 is 0.939 bits per heavy atom. The molecule has 9 heteroatoms. The number of nitrogens with one attached hydrogen (secondary N) is 1. The molecule has 6 nitrogen and oxygen atoms in total. The standard InChI is InChI=1S/C24H16Cl3N3O3/c1-13-21(23(31)28-18-4-2-3-15(11-18)24(32)33)29-30(20-10-9-17(26)12-19(20)27)22(13)14-5-7-16(25)8-6-14/h2-12H,1H3,(H,28,31)(H,32,33). The van der Waals surface area contributed by atoms with Crippen LogP contribution in [0.2, 0.25) is 15.1 Å². The number of nitrogens with zero attached hydrogens (tertiary/aromatic N) is 2. The Hall–Kier alpha value is -3.32. The van der Waals surface area contributed by atoms with E-state index in [4.69, 9.17) is 34.8 Å². The molecule has 0 aliphatic carbocycles. The van der Waals surface area contributed by atoms with Crippen molar-refractivity contribution in [1.82, 2.24) is 9.78 Å². The van der Waals surface area contributed by atoms with Crippen LogP contribution in [0.4, 0.5) is 5.69 Å². The zero-order valence-electron chi connectivity index (χ0n) is 17.1. The summed E-state index contributed by atoms with van der Waals surface area (Å²) in [6.07, 6.45) is 0. The fraction of sp³-hybridized carbons (Fsp3) is 0.0417. The van der Waals surface area contributed by atoms with Crippen molar-refractivity contribution in [3.8, 4) is 16.9 Å². The summed E-state index contributed by atoms with van der Waals surface area (Å²) in [5, 5.41) is 17.9. The van der Waals surface area contributed by atoms with Crippen molar-refractivity contribution in [2.75, 3.05) is 5.32 Å². The van der Waals surface area contributed by atoms with Crippen molar-refractivity contribution >= 4 is 52.4 Å². The number of amides is 1. The highest BCUT2D eigenvalue weighted by molar-refractivity contribution is 6.35. The van der Waals surface area contributed by atoms with Crippen LogP contribution in [-0.2, 0) is 0 Å². The van der Waals surface area contributed by atoms with Gasteiger partial charge in [0.15, 0.2) is 5.69 Å². The lowest BCUT2D eigenvalue weighted by atomic mass is 10.1. The van der Waals surface area contributed by atoms with Crippen LogP contribution in [-0.4, -0.2) is 26.8 Å². The molecule has 166 valence electrons. The van der Waals surface area contributed by atoms with Gasteiger partial charge in [0.2, 0.25) is 0 Å². The SMILES string of the molecule is Cc1c(C(=O)Nc2cccc(C(=O)O)c2)nn(-c2ccc(Cl)cc2Cl)c1-c1ccc(Cl)cc1. The van der Waals surface area contributed by atoms with E-state index in [2.05, 4.69) is 10.4 Å². The maximum Gasteiger partial charge on any atom is 0.335 e. The van der Waals surface area contributed by atoms with Gasteiger partial charge in [-0.25, -0.2) is 9.48 Å². The highest BCUT2D eigenvalue weighted by Gasteiger charge is 2.23. The van der Waals surface area contributed by atoms with E-state index in [1.807, 2.05) is 12.1 Å². The quantitative estimate of drug-likeness (QED) is 0.317. The maximum atomic E-state index is 13.1. The number of rotatable bonds is 5. The minimum atomic E-state index is -1.09. The van der Waals surface area contributed by atoms with Crippen LogP contribution in [0.15, 0.2) is 66.7 Å². The number of halogens is 3. The molecule has 33 heavy (non-hydrogen) atoms. The van der Waals surface area contributed by atoms with E-state index in [0.29, 0.717) is 37.7 Å². The van der Waals surface area contributed by atoms with Crippen molar-refractivity contribution in [2.24, 2.45) is 0 Å². The summed E-state index contributed by atoms with van der Waals surface area (Å²) in [6.45, 7) is 1.78. The molecule has 1 aromatic heterocycles. The lowest BCUT2D eigenvalue weighted by molar-refractivity contribution is 0.0696. The molecule has 0 spiro atoms. The van der Waals surface area contributed by atoms with Gasteiger partial charge in [0.25, 0.3) is 5.91 Å². The highest BCUT2D eigenvalue weighted by Crippen LogP contribution is 2.33. The monoisotopic (exact) mass is 499 g/mol. The van der Waals surface area contributed by atoms with Crippen molar-refractivity contribution in [1.29, 1.82) is 0 Å². The number of anilines is 1. The van der Waals surface area contributed by atoms with Gasteiger partial charge < -0.3 is 10.4 Å². The summed E-state index contributed by atoms with van der Waals surface area (Å²) in [5.74, 6) is -1.58. The Balaban J connectivity index is 1.82. The Labute approximate surface area is 204 Å². The topological polar surface area (TPSA) is 84.2 Å². The van der Waals surface area contributed by atoms with E-state index in [1.54, 1.807) is 54.1 Å². The van der Waals surface area contributed by atoms with E-state index in [9.17, 15) is 14.7 Å². The molecule has 0 aliphatic heterocycles. The number of carboxylic acid groups (broad SMARTS) is 1. The number of benzene rings is 3. The first-order chi connectivity index (χ1) is 15.7. The molecule has 0 saturated carbocycles. The van der Waals surface area contributed by atoms with E-state index >= 15 is 0 Å². The lowest BCUT2D eigenvalue weighted by Gasteiger charge is -2.11. The second kappa shape index (κ2) is 9.27. The van der Waals surface area contributed by atoms with Crippen LogP contribution < -0.4 is 5.32 Å². The molecule has 0 fully saturated rings.